The summed E-state index contributed by atoms with van der Waals surface area (Å²) in [6.07, 6.45) is 6.43. The van der Waals surface area contributed by atoms with Gasteiger partial charge in [0.25, 0.3) is 0 Å². The maximum absolute atomic E-state index is 14.0. The smallest absolute Gasteiger partial charge is 0.317 e. The van der Waals surface area contributed by atoms with E-state index < -0.39 is 56.4 Å². The Bertz CT molecular complexity index is 2800. The molecule has 5 N–H and O–H groups in total. The van der Waals surface area contributed by atoms with E-state index in [2.05, 4.69) is 30.3 Å². The van der Waals surface area contributed by atoms with Gasteiger partial charge in [-0.15, -0.1) is 0 Å². The Morgan fingerprint density at radius 3 is 1.64 bits per heavy atom. The van der Waals surface area contributed by atoms with Gasteiger partial charge in [-0.2, -0.15) is 17.2 Å². The number of benzene rings is 2. The predicted molar refractivity (Wildman–Crippen MR) is 303 cm³/mol. The second kappa shape index (κ2) is 39.5. The van der Waals surface area contributed by atoms with Gasteiger partial charge in [-0.1, -0.05) is 19.1 Å². The molecule has 1 aromatic heterocycles. The van der Waals surface area contributed by atoms with Crippen molar-refractivity contribution in [1.29, 1.82) is 0 Å². The fourth-order valence-corrected chi connectivity index (χ4v) is 8.87. The van der Waals surface area contributed by atoms with E-state index >= 15 is 0 Å². The van der Waals surface area contributed by atoms with Crippen LogP contribution in [0.2, 0.25) is 0 Å². The highest BCUT2D eigenvalue weighted by Crippen LogP contribution is 2.34. The highest BCUT2D eigenvalue weighted by Gasteiger charge is 2.34. The van der Waals surface area contributed by atoms with Crippen molar-refractivity contribution in [2.75, 3.05) is 158 Å². The molecule has 2 aliphatic heterocycles. The molecule has 0 saturated carbocycles. The average Bonchev–Trinajstić information content (AvgIpc) is 1.70. The molecule has 0 aliphatic carbocycles. The Kier molecular flexibility index (Phi) is 32.4. The van der Waals surface area contributed by atoms with E-state index in [9.17, 15) is 45.2 Å². The molecule has 1 saturated heterocycles. The zero-order valence-electron chi connectivity index (χ0n) is 48.9. The number of ether oxygens (including phenoxy) is 11. The molecule has 1 unspecified atom stereocenters. The summed E-state index contributed by atoms with van der Waals surface area (Å²) in [5.74, 6) is -12.2. The number of amidine groups is 1. The van der Waals surface area contributed by atoms with Crippen molar-refractivity contribution in [3.05, 3.63) is 70.8 Å². The van der Waals surface area contributed by atoms with E-state index in [-0.39, 0.29) is 82.9 Å². The quantitative estimate of drug-likeness (QED) is 0.0156. The highest BCUT2D eigenvalue weighted by molar-refractivity contribution is 7.85. The van der Waals surface area contributed by atoms with Crippen molar-refractivity contribution in [3.8, 4) is 16.9 Å². The van der Waals surface area contributed by atoms with Crippen LogP contribution in [0, 0.1) is 23.3 Å². The SMILES string of the molecule is CCCN(CCC1CN(CC)C(=O)N1)C(=O)C1=Cc2ccc(-c3cnc(CNC(=O)CCOCCOCCOCCOCCOCCOCCOCCOCCOCCOCCC(=O)Oc4c(F)c(F)c(S(=O)(=O)O)c(F)c4F)nc3)cc2N=C(N)C1. The fraction of sp³-hybridized carbons (Fsp3) is 0.589. The van der Waals surface area contributed by atoms with Crippen LogP contribution in [0.25, 0.3) is 17.2 Å². The predicted octanol–water partition coefficient (Wildman–Crippen LogP) is 3.93. The van der Waals surface area contributed by atoms with Crippen LogP contribution in [0.3, 0.4) is 0 Å². The van der Waals surface area contributed by atoms with Crippen LogP contribution in [-0.2, 0) is 78.4 Å². The summed E-state index contributed by atoms with van der Waals surface area (Å²) in [6, 6.07) is 5.61. The monoisotopic (exact) mass is 1260 g/mol. The molecule has 5 rings (SSSR count). The van der Waals surface area contributed by atoms with Crippen molar-refractivity contribution in [3.63, 3.8) is 0 Å². The molecular weight excluding hydrogens is 1180 g/mol. The van der Waals surface area contributed by atoms with Gasteiger partial charge in [-0.3, -0.25) is 18.9 Å². The number of nitrogens with one attached hydrogen (secondary N) is 2. The average molecular weight is 1260 g/mol. The van der Waals surface area contributed by atoms with Gasteiger partial charge < -0.3 is 78.3 Å². The van der Waals surface area contributed by atoms with Gasteiger partial charge in [0.1, 0.15) is 11.7 Å². The van der Waals surface area contributed by atoms with Gasteiger partial charge in [0.2, 0.25) is 29.2 Å². The number of halogens is 4. The second-order valence-corrected chi connectivity index (χ2v) is 20.5. The Hall–Kier alpha value is -6.36. The maximum Gasteiger partial charge on any atom is 0.317 e. The minimum absolute atomic E-state index is 0.0119. The highest BCUT2D eigenvalue weighted by atomic mass is 32.2. The Morgan fingerprint density at radius 2 is 1.18 bits per heavy atom. The summed E-state index contributed by atoms with van der Waals surface area (Å²) in [5.41, 5.74) is 9.85. The summed E-state index contributed by atoms with van der Waals surface area (Å²) in [5, 5.41) is 5.81. The molecular formula is C56H78F4N8O18S. The van der Waals surface area contributed by atoms with Crippen molar-refractivity contribution < 1.29 is 102 Å². The first-order valence-corrected chi connectivity index (χ1v) is 29.9. The standard InChI is InChI=1S/C56H78F4N8O18S/c1-3-10-68(11-7-43-38-67(4-2)56(72)65-43)55(71)41-32-40-6-5-39(33-44(40)66-45(61)34-41)42-35-62-46(63-36-42)37-64-47(69)8-12-76-14-16-78-18-20-80-22-24-82-26-28-84-30-31-85-29-27-83-25-23-81-21-19-79-17-15-77-13-9-48(70)86-53-49(57)51(59)54(87(73,74)75)52(60)50(53)58/h5-6,32-33,35-36,43H,3-4,7-31,34,37-38H2,1-2H3,(H2,61,66)(H,64,69)(H,65,72)(H,73,74,75). The van der Waals surface area contributed by atoms with E-state index in [1.54, 1.807) is 17.3 Å². The first-order valence-electron chi connectivity index (χ1n) is 28.4. The van der Waals surface area contributed by atoms with Gasteiger partial charge in [-0.05, 0) is 37.5 Å². The third-order valence-electron chi connectivity index (χ3n) is 12.6. The third kappa shape index (κ3) is 25.7. The van der Waals surface area contributed by atoms with Crippen LogP contribution in [0.4, 0.5) is 28.0 Å². The number of aliphatic imine (C=N–C) groups is 1. The minimum atomic E-state index is -5.65. The number of likely N-dealkylation sites (N-methyl/N-ethyl adjacent to an activating group) is 1. The third-order valence-corrected chi connectivity index (χ3v) is 13.5. The lowest BCUT2D eigenvalue weighted by molar-refractivity contribution is -0.136. The molecule has 4 amide bonds. The fourth-order valence-electron chi connectivity index (χ4n) is 8.24. The molecule has 3 heterocycles. The molecule has 87 heavy (non-hydrogen) atoms. The van der Waals surface area contributed by atoms with Gasteiger partial charge in [0, 0.05) is 74.2 Å². The number of carbonyl (C=O) groups excluding carboxylic acids is 4. The van der Waals surface area contributed by atoms with Gasteiger partial charge in [0.15, 0.2) is 16.5 Å². The zero-order valence-corrected chi connectivity index (χ0v) is 49.7. The van der Waals surface area contributed by atoms with Crippen LogP contribution in [-0.4, -0.2) is 227 Å². The number of esters is 1. The minimum Gasteiger partial charge on any atom is -0.420 e. The van der Waals surface area contributed by atoms with Crippen molar-refractivity contribution in [1.82, 2.24) is 30.4 Å². The topological polar surface area (TPSA) is 319 Å². The lowest BCUT2D eigenvalue weighted by atomic mass is 10.0. The lowest BCUT2D eigenvalue weighted by Crippen LogP contribution is -2.38. The molecule has 1 fully saturated rings. The van der Waals surface area contributed by atoms with Crippen LogP contribution in [0.5, 0.6) is 5.75 Å². The number of amides is 4. The first kappa shape index (κ1) is 71.4. The number of hydrogen-bond donors (Lipinski definition) is 4. The molecule has 1 atom stereocenters. The first-order chi connectivity index (χ1) is 42.0. The molecule has 484 valence electrons. The summed E-state index contributed by atoms with van der Waals surface area (Å²) in [6.45, 7) is 12.1. The summed E-state index contributed by atoms with van der Waals surface area (Å²) in [7, 11) is -5.65. The van der Waals surface area contributed by atoms with Crippen molar-refractivity contribution in [2.24, 2.45) is 10.7 Å². The molecule has 26 nitrogen and oxygen atoms in total. The number of hydrogen-bond acceptors (Lipinski definition) is 21. The van der Waals surface area contributed by atoms with E-state index in [0.717, 1.165) is 23.1 Å². The van der Waals surface area contributed by atoms with Crippen LogP contribution < -0.4 is 21.1 Å². The lowest BCUT2D eigenvalue weighted by Gasteiger charge is -2.25. The molecule has 0 radical (unpaired) electrons. The van der Waals surface area contributed by atoms with Gasteiger partial charge >= 0.3 is 22.1 Å². The number of aromatic nitrogens is 2. The van der Waals surface area contributed by atoms with E-state index in [0.29, 0.717) is 148 Å². The molecule has 2 aromatic carbocycles. The normalized spacial score (nSPS) is 14.1. The zero-order chi connectivity index (χ0) is 62.8. The van der Waals surface area contributed by atoms with E-state index in [1.807, 2.05) is 43.0 Å². The summed E-state index contributed by atoms with van der Waals surface area (Å²) >= 11 is 0. The van der Waals surface area contributed by atoms with Crippen molar-refractivity contribution >= 4 is 51.5 Å². The molecule has 31 heteroatoms. The second-order valence-electron chi connectivity index (χ2n) is 19.1. The van der Waals surface area contributed by atoms with E-state index in [1.165, 1.54) is 0 Å². The summed E-state index contributed by atoms with van der Waals surface area (Å²) < 4.78 is 145. The molecule has 2 aliphatic rings. The van der Waals surface area contributed by atoms with Gasteiger partial charge in [-0.25, -0.2) is 28.5 Å². The number of carbonyl (C=O) groups is 4. The van der Waals surface area contributed by atoms with Crippen LogP contribution in [0.15, 0.2) is 46.1 Å². The number of nitrogens with two attached hydrogens (primary N) is 1. The number of fused-ring (bicyclic) bond motifs is 1. The Labute approximate surface area is 502 Å². The number of rotatable bonds is 45. The van der Waals surface area contributed by atoms with Crippen molar-refractivity contribution in [2.45, 2.75) is 63.4 Å². The molecule has 3 aromatic rings. The summed E-state index contributed by atoms with van der Waals surface area (Å²) in [4.78, 5) is 65.1. The Balaban J connectivity index is 0.758. The number of nitrogens with zero attached hydrogens (tertiary/aromatic N) is 5. The van der Waals surface area contributed by atoms with Crippen LogP contribution >= 0.6 is 0 Å². The molecule has 0 bridgehead atoms. The van der Waals surface area contributed by atoms with Crippen LogP contribution in [0.1, 0.15) is 57.3 Å². The molecule has 0 spiro atoms. The Morgan fingerprint density at radius 1 is 0.701 bits per heavy atom. The van der Waals surface area contributed by atoms with E-state index in [4.69, 9.17) is 57.7 Å². The largest absolute Gasteiger partial charge is 0.420 e. The van der Waals surface area contributed by atoms with Gasteiger partial charge in [0.05, 0.1) is 151 Å². The number of urea groups is 1. The maximum atomic E-state index is 14.0.